The molecule has 0 radical (unpaired) electrons. The molecular weight excluding hydrogens is 358 g/mol. The number of nitrogens with one attached hydrogen (secondary N) is 1. The summed E-state index contributed by atoms with van der Waals surface area (Å²) in [6.07, 6.45) is 9.66. The maximum Gasteiger partial charge on any atom is 0.326 e. The summed E-state index contributed by atoms with van der Waals surface area (Å²) in [5, 5.41) is 22.9. The first-order chi connectivity index (χ1) is 13.3. The third kappa shape index (κ3) is 4.15. The Balaban J connectivity index is 1.83. The van der Waals surface area contributed by atoms with Crippen LogP contribution in [0.3, 0.4) is 0 Å². The van der Waals surface area contributed by atoms with E-state index < -0.39 is 23.6 Å². The average Bonchev–Trinajstić information content (AvgIpc) is 2.66. The van der Waals surface area contributed by atoms with Crippen LogP contribution in [0.2, 0.25) is 0 Å². The third-order valence-electron chi connectivity index (χ3n) is 6.75. The highest BCUT2D eigenvalue weighted by molar-refractivity contribution is 6.48. The lowest BCUT2D eigenvalue weighted by Crippen LogP contribution is -2.42. The number of carboxylic acids is 1. The lowest BCUT2D eigenvalue weighted by Gasteiger charge is -2.42. The molecule has 0 aromatic rings. The van der Waals surface area contributed by atoms with Crippen molar-refractivity contribution < 1.29 is 24.6 Å². The number of aliphatic carboxylic acids is 1. The van der Waals surface area contributed by atoms with E-state index in [2.05, 4.69) is 5.32 Å². The molecule has 3 rings (SSSR count). The van der Waals surface area contributed by atoms with Crippen molar-refractivity contribution in [2.24, 2.45) is 23.7 Å². The molecule has 0 aromatic carbocycles. The van der Waals surface area contributed by atoms with E-state index in [-0.39, 0.29) is 22.9 Å². The van der Waals surface area contributed by atoms with E-state index in [9.17, 15) is 24.6 Å². The van der Waals surface area contributed by atoms with E-state index >= 15 is 0 Å². The molecule has 0 aromatic heterocycles. The first-order valence-corrected chi connectivity index (χ1v) is 10.5. The van der Waals surface area contributed by atoms with Gasteiger partial charge in [-0.25, -0.2) is 4.79 Å². The highest BCUT2D eigenvalue weighted by Gasteiger charge is 2.38. The van der Waals surface area contributed by atoms with Gasteiger partial charge in [-0.05, 0) is 42.9 Å². The molecule has 3 unspecified atom stereocenters. The fraction of sp³-hybridized carbons (Fsp3) is 0.682. The van der Waals surface area contributed by atoms with Crippen LogP contribution in [0.25, 0.3) is 0 Å². The Kier molecular flexibility index (Phi) is 6.26. The summed E-state index contributed by atoms with van der Waals surface area (Å²) in [6, 6.07) is -0.951. The second-order valence-corrected chi connectivity index (χ2v) is 8.89. The largest absolute Gasteiger partial charge is 0.505 e. The number of hydrogen-bond acceptors (Lipinski definition) is 5. The topological polar surface area (TPSA) is 104 Å². The minimum Gasteiger partial charge on any atom is -0.505 e. The van der Waals surface area contributed by atoms with Crippen LogP contribution in [0.5, 0.6) is 0 Å². The molecular formula is C22H31NO5. The molecule has 2 fully saturated rings. The van der Waals surface area contributed by atoms with Gasteiger partial charge in [0, 0.05) is 11.6 Å². The van der Waals surface area contributed by atoms with Crippen molar-refractivity contribution in [3.8, 4) is 0 Å². The second-order valence-electron chi connectivity index (χ2n) is 8.89. The number of carbonyl (C=O) groups is 3. The molecule has 0 heterocycles. The van der Waals surface area contributed by atoms with Crippen molar-refractivity contribution in [1.82, 2.24) is 5.32 Å². The first kappa shape index (κ1) is 20.6. The quantitative estimate of drug-likeness (QED) is 0.474. The summed E-state index contributed by atoms with van der Waals surface area (Å²) in [4.78, 5) is 36.2. The predicted molar refractivity (Wildman–Crippen MR) is 105 cm³/mol. The van der Waals surface area contributed by atoms with Gasteiger partial charge in [-0.15, -0.1) is 0 Å². The molecule has 6 nitrogen and oxygen atoms in total. The van der Waals surface area contributed by atoms with Crippen molar-refractivity contribution >= 4 is 17.5 Å². The van der Waals surface area contributed by atoms with E-state index in [0.717, 1.165) is 25.3 Å². The number of allylic oxidation sites excluding steroid dienone is 2. The van der Waals surface area contributed by atoms with Gasteiger partial charge < -0.3 is 15.5 Å². The normalized spacial score (nSPS) is 29.4. The van der Waals surface area contributed by atoms with Crippen LogP contribution in [0.1, 0.15) is 65.2 Å². The van der Waals surface area contributed by atoms with E-state index in [1.807, 2.05) is 0 Å². The summed E-state index contributed by atoms with van der Waals surface area (Å²) in [5.74, 6) is -1.38. The molecule has 6 heteroatoms. The molecule has 2 saturated carbocycles. The summed E-state index contributed by atoms with van der Waals surface area (Å²) in [7, 11) is 0. The van der Waals surface area contributed by atoms with Gasteiger partial charge in [0.15, 0.2) is 0 Å². The Morgan fingerprint density at radius 1 is 1.14 bits per heavy atom. The molecule has 154 valence electrons. The number of ketones is 2. The first-order valence-electron chi connectivity index (χ1n) is 10.5. The molecule has 0 spiro atoms. The molecule has 0 aliphatic heterocycles. The highest BCUT2D eigenvalue weighted by atomic mass is 16.4. The zero-order valence-corrected chi connectivity index (χ0v) is 16.7. The van der Waals surface area contributed by atoms with Gasteiger partial charge in [0.25, 0.3) is 0 Å². The minimum absolute atomic E-state index is 0.0525. The Labute approximate surface area is 166 Å². The molecule has 28 heavy (non-hydrogen) atoms. The van der Waals surface area contributed by atoms with Gasteiger partial charge in [-0.2, -0.15) is 0 Å². The molecule has 4 atom stereocenters. The van der Waals surface area contributed by atoms with Crippen molar-refractivity contribution in [1.29, 1.82) is 0 Å². The number of carboxylic acid groups (broad SMARTS) is 1. The van der Waals surface area contributed by atoms with Gasteiger partial charge in [0.1, 0.15) is 11.8 Å². The number of fused-ring (bicyclic) bond motifs is 1. The number of carbonyl (C=O) groups excluding carboxylic acids is 2. The van der Waals surface area contributed by atoms with E-state index in [1.54, 1.807) is 13.8 Å². The van der Waals surface area contributed by atoms with Gasteiger partial charge >= 0.3 is 5.97 Å². The van der Waals surface area contributed by atoms with Crippen LogP contribution in [0.4, 0.5) is 0 Å². The molecule has 0 saturated heterocycles. The molecule has 3 aliphatic carbocycles. The molecule has 0 amide bonds. The number of hydrogen-bond donors (Lipinski definition) is 3. The monoisotopic (exact) mass is 389 g/mol. The van der Waals surface area contributed by atoms with Crippen molar-refractivity contribution in [3.05, 3.63) is 23.1 Å². The van der Waals surface area contributed by atoms with Crippen molar-refractivity contribution in [2.45, 2.75) is 71.3 Å². The summed E-state index contributed by atoms with van der Waals surface area (Å²) < 4.78 is 0. The van der Waals surface area contributed by atoms with Crippen LogP contribution >= 0.6 is 0 Å². The van der Waals surface area contributed by atoms with Crippen molar-refractivity contribution in [3.63, 3.8) is 0 Å². The maximum absolute atomic E-state index is 12.5. The van der Waals surface area contributed by atoms with E-state index in [4.69, 9.17) is 0 Å². The maximum atomic E-state index is 12.5. The Morgan fingerprint density at radius 2 is 1.82 bits per heavy atom. The number of aliphatic hydroxyl groups excluding tert-OH is 1. The third-order valence-corrected chi connectivity index (χ3v) is 6.75. The van der Waals surface area contributed by atoms with Gasteiger partial charge in [0.2, 0.25) is 11.6 Å². The summed E-state index contributed by atoms with van der Waals surface area (Å²) >= 11 is 0. The summed E-state index contributed by atoms with van der Waals surface area (Å²) in [5.41, 5.74) is 0.204. The zero-order valence-electron chi connectivity index (χ0n) is 16.7. The van der Waals surface area contributed by atoms with Gasteiger partial charge in [-0.3, -0.25) is 9.59 Å². The fourth-order valence-corrected chi connectivity index (χ4v) is 5.25. The summed E-state index contributed by atoms with van der Waals surface area (Å²) in [6.45, 7) is 3.49. The molecule has 0 bridgehead atoms. The molecule has 3 N–H and O–H groups in total. The predicted octanol–water partition coefficient (Wildman–Crippen LogP) is 3.53. The average molecular weight is 389 g/mol. The van der Waals surface area contributed by atoms with Crippen LogP contribution in [-0.2, 0) is 14.4 Å². The zero-order chi connectivity index (χ0) is 20.4. The Bertz CT molecular complexity index is 718. The lowest BCUT2D eigenvalue weighted by molar-refractivity contribution is -0.140. The SMILES string of the molecule is CC(C)[C@@H](NC1=CC(=O)C(=O)C(CC2CCCC3CCCCC32)=C1O)C(=O)O. The lowest BCUT2D eigenvalue weighted by atomic mass is 9.64. The van der Waals surface area contributed by atoms with Crippen LogP contribution in [-0.4, -0.2) is 33.8 Å². The highest BCUT2D eigenvalue weighted by Crippen LogP contribution is 2.46. The van der Waals surface area contributed by atoms with Crippen LogP contribution in [0.15, 0.2) is 23.1 Å². The van der Waals surface area contributed by atoms with Gasteiger partial charge in [-0.1, -0.05) is 46.0 Å². The second kappa shape index (κ2) is 8.50. The van der Waals surface area contributed by atoms with Gasteiger partial charge in [0.05, 0.1) is 5.70 Å². The molecule has 3 aliphatic rings. The van der Waals surface area contributed by atoms with Crippen LogP contribution < -0.4 is 5.32 Å². The van der Waals surface area contributed by atoms with E-state index in [1.165, 1.54) is 25.7 Å². The Hall–Kier alpha value is -2.11. The number of rotatable bonds is 6. The van der Waals surface area contributed by atoms with Crippen molar-refractivity contribution in [2.75, 3.05) is 0 Å². The van der Waals surface area contributed by atoms with Crippen LogP contribution in [0, 0.1) is 23.7 Å². The number of Topliss-reactive ketones (excluding diaryl/α,β-unsaturated/α-hetero) is 1. The minimum atomic E-state index is -1.06. The fourth-order valence-electron chi connectivity index (χ4n) is 5.25. The van der Waals surface area contributed by atoms with E-state index in [0.29, 0.717) is 24.2 Å². The smallest absolute Gasteiger partial charge is 0.326 e. The number of aliphatic hydroxyl groups is 1. The standard InChI is InChI=1S/C22H31NO5/c1-12(2)19(22(27)28)23-17-11-18(24)21(26)16(20(17)25)10-14-8-5-7-13-6-3-4-9-15(13)14/h11-15,19,23,25H,3-10H2,1-2H3,(H,27,28)/t13?,14?,15?,19-/m1/s1. The Morgan fingerprint density at radius 3 is 2.50 bits per heavy atom.